The number of hydrogen-bond donors (Lipinski definition) is 1. The Balaban J connectivity index is 2.09. The van der Waals surface area contributed by atoms with Crippen LogP contribution in [0.15, 0.2) is 35.1 Å². The third-order valence-electron chi connectivity index (χ3n) is 4.19. The number of benzene rings is 1. The molecule has 2 rings (SSSR count). The van der Waals surface area contributed by atoms with Crippen LogP contribution in [-0.2, 0) is 0 Å². The van der Waals surface area contributed by atoms with Crippen LogP contribution in [0.2, 0.25) is 0 Å². The van der Waals surface area contributed by atoms with E-state index in [1.165, 1.54) is 0 Å². The number of aromatic nitrogens is 2. The molecular formula is C19H26N4O2. The van der Waals surface area contributed by atoms with E-state index in [1.807, 2.05) is 51.2 Å². The number of para-hydroxylation sites is 1. The van der Waals surface area contributed by atoms with Crippen molar-refractivity contribution in [2.75, 3.05) is 32.1 Å². The summed E-state index contributed by atoms with van der Waals surface area (Å²) in [6, 6.07) is 9.96. The first-order valence-corrected chi connectivity index (χ1v) is 8.43. The minimum Gasteiger partial charge on any atom is -0.373 e. The second kappa shape index (κ2) is 7.96. The summed E-state index contributed by atoms with van der Waals surface area (Å²) in [5.41, 5.74) is 1.31. The fourth-order valence-electron chi connectivity index (χ4n) is 2.54. The van der Waals surface area contributed by atoms with Gasteiger partial charge in [-0.25, -0.2) is 4.98 Å². The first-order valence-electron chi connectivity index (χ1n) is 8.43. The number of aryl methyl sites for hydroxylation is 1. The highest BCUT2D eigenvalue weighted by atomic mass is 16.2. The molecule has 25 heavy (non-hydrogen) atoms. The van der Waals surface area contributed by atoms with E-state index in [1.54, 1.807) is 18.9 Å². The molecule has 2 aromatic rings. The fourth-order valence-corrected chi connectivity index (χ4v) is 2.54. The maximum absolute atomic E-state index is 12.7. The minimum absolute atomic E-state index is 0.104. The molecule has 0 atom stereocenters. The van der Waals surface area contributed by atoms with E-state index in [-0.39, 0.29) is 22.9 Å². The molecule has 1 heterocycles. The zero-order valence-electron chi connectivity index (χ0n) is 15.5. The summed E-state index contributed by atoms with van der Waals surface area (Å²) in [6.07, 6.45) is 0. The van der Waals surface area contributed by atoms with Crippen LogP contribution in [0.25, 0.3) is 0 Å². The van der Waals surface area contributed by atoms with Gasteiger partial charge in [0.2, 0.25) is 0 Å². The molecule has 0 saturated heterocycles. The van der Waals surface area contributed by atoms with E-state index in [2.05, 4.69) is 14.9 Å². The van der Waals surface area contributed by atoms with Crippen molar-refractivity contribution in [2.45, 2.75) is 26.7 Å². The molecule has 0 spiro atoms. The average Bonchev–Trinajstić information content (AvgIpc) is 2.59. The minimum atomic E-state index is -0.371. The van der Waals surface area contributed by atoms with Crippen LogP contribution in [0, 0.1) is 6.92 Å². The lowest BCUT2D eigenvalue weighted by atomic mass is 10.1. The summed E-state index contributed by atoms with van der Waals surface area (Å²) in [6.45, 7) is 6.78. The Morgan fingerprint density at radius 1 is 1.16 bits per heavy atom. The lowest BCUT2D eigenvalue weighted by molar-refractivity contribution is 0.0795. The van der Waals surface area contributed by atoms with Crippen LogP contribution >= 0.6 is 0 Å². The van der Waals surface area contributed by atoms with Crippen LogP contribution < -0.4 is 10.5 Å². The van der Waals surface area contributed by atoms with Gasteiger partial charge in [-0.1, -0.05) is 32.0 Å². The van der Waals surface area contributed by atoms with Gasteiger partial charge in [-0.05, 0) is 19.1 Å². The van der Waals surface area contributed by atoms with Crippen molar-refractivity contribution < 1.29 is 4.79 Å². The van der Waals surface area contributed by atoms with E-state index in [9.17, 15) is 9.59 Å². The topological polar surface area (TPSA) is 69.3 Å². The Hall–Kier alpha value is -2.63. The molecule has 0 saturated carbocycles. The van der Waals surface area contributed by atoms with Gasteiger partial charge in [0, 0.05) is 38.8 Å². The molecule has 1 amide bonds. The van der Waals surface area contributed by atoms with Gasteiger partial charge >= 0.3 is 0 Å². The molecule has 0 aliphatic heterocycles. The largest absolute Gasteiger partial charge is 0.373 e. The van der Waals surface area contributed by atoms with Crippen LogP contribution in [0.4, 0.5) is 5.69 Å². The molecule has 6 heteroatoms. The quantitative estimate of drug-likeness (QED) is 0.875. The van der Waals surface area contributed by atoms with E-state index in [0.717, 1.165) is 5.69 Å². The number of aromatic amines is 1. The van der Waals surface area contributed by atoms with Crippen molar-refractivity contribution in [3.05, 3.63) is 57.8 Å². The van der Waals surface area contributed by atoms with Crippen molar-refractivity contribution in [3.8, 4) is 0 Å². The highest BCUT2D eigenvalue weighted by molar-refractivity contribution is 5.94. The van der Waals surface area contributed by atoms with Gasteiger partial charge in [0.15, 0.2) is 0 Å². The van der Waals surface area contributed by atoms with Crippen molar-refractivity contribution in [1.29, 1.82) is 0 Å². The monoisotopic (exact) mass is 342 g/mol. The Labute approximate surface area is 148 Å². The number of rotatable bonds is 6. The second-order valence-electron chi connectivity index (χ2n) is 6.55. The Morgan fingerprint density at radius 3 is 2.36 bits per heavy atom. The zero-order valence-corrected chi connectivity index (χ0v) is 15.5. The first-order chi connectivity index (χ1) is 11.8. The van der Waals surface area contributed by atoms with E-state index in [4.69, 9.17) is 0 Å². The van der Waals surface area contributed by atoms with Crippen molar-refractivity contribution in [1.82, 2.24) is 14.9 Å². The number of likely N-dealkylation sites (N-methyl/N-ethyl adjacent to an activating group) is 2. The van der Waals surface area contributed by atoms with Gasteiger partial charge in [0.25, 0.3) is 11.5 Å². The number of nitrogens with one attached hydrogen (secondary N) is 1. The SMILES string of the molecule is Cc1nc(C(C)C)[nH]c(=O)c1C(=O)N(C)CCN(C)c1ccccc1. The van der Waals surface area contributed by atoms with E-state index in [0.29, 0.717) is 24.6 Å². The number of H-pyrrole nitrogens is 1. The van der Waals surface area contributed by atoms with Crippen LogP contribution in [-0.4, -0.2) is 48.0 Å². The second-order valence-corrected chi connectivity index (χ2v) is 6.55. The number of anilines is 1. The van der Waals surface area contributed by atoms with E-state index < -0.39 is 0 Å². The summed E-state index contributed by atoms with van der Waals surface area (Å²) in [4.78, 5) is 35.7. The summed E-state index contributed by atoms with van der Waals surface area (Å²) < 4.78 is 0. The molecule has 0 radical (unpaired) electrons. The molecule has 0 aliphatic rings. The number of nitrogens with zero attached hydrogens (tertiary/aromatic N) is 3. The predicted octanol–water partition coefficient (Wildman–Crippen LogP) is 2.41. The number of amides is 1. The maximum atomic E-state index is 12.7. The normalized spacial score (nSPS) is 10.8. The number of carbonyl (C=O) groups excluding carboxylic acids is 1. The molecule has 1 N–H and O–H groups in total. The van der Waals surface area contributed by atoms with Gasteiger partial charge < -0.3 is 14.8 Å². The zero-order chi connectivity index (χ0) is 18.6. The Kier molecular flexibility index (Phi) is 5.96. The van der Waals surface area contributed by atoms with Gasteiger partial charge in [-0.3, -0.25) is 9.59 Å². The van der Waals surface area contributed by atoms with Crippen molar-refractivity contribution >= 4 is 11.6 Å². The molecule has 0 unspecified atom stereocenters. The standard InChI is InChI=1S/C19H26N4O2/c1-13(2)17-20-14(3)16(18(24)21-17)19(25)23(5)12-11-22(4)15-9-7-6-8-10-15/h6-10,13H,11-12H2,1-5H3,(H,20,21,24). The molecule has 134 valence electrons. The van der Waals surface area contributed by atoms with Crippen LogP contribution in [0.5, 0.6) is 0 Å². The Bertz CT molecular complexity index is 784. The maximum Gasteiger partial charge on any atom is 0.264 e. The van der Waals surface area contributed by atoms with Gasteiger partial charge in [0.1, 0.15) is 11.4 Å². The molecule has 0 bridgehead atoms. The molecule has 0 fully saturated rings. The fraction of sp³-hybridized carbons (Fsp3) is 0.421. The average molecular weight is 342 g/mol. The van der Waals surface area contributed by atoms with Gasteiger partial charge in [0.05, 0.1) is 5.69 Å². The molecule has 1 aromatic carbocycles. The van der Waals surface area contributed by atoms with Gasteiger partial charge in [-0.2, -0.15) is 0 Å². The predicted molar refractivity (Wildman–Crippen MR) is 100 cm³/mol. The van der Waals surface area contributed by atoms with Gasteiger partial charge in [-0.15, -0.1) is 0 Å². The molecule has 6 nitrogen and oxygen atoms in total. The van der Waals surface area contributed by atoms with Crippen molar-refractivity contribution in [2.24, 2.45) is 0 Å². The number of hydrogen-bond acceptors (Lipinski definition) is 4. The van der Waals surface area contributed by atoms with Crippen LogP contribution in [0.1, 0.15) is 41.6 Å². The third kappa shape index (κ3) is 4.47. The Morgan fingerprint density at radius 2 is 1.80 bits per heavy atom. The van der Waals surface area contributed by atoms with Crippen LogP contribution in [0.3, 0.4) is 0 Å². The first kappa shape index (κ1) is 18.7. The highest BCUT2D eigenvalue weighted by Gasteiger charge is 2.20. The number of carbonyl (C=O) groups is 1. The smallest absolute Gasteiger partial charge is 0.264 e. The summed E-state index contributed by atoms with van der Waals surface area (Å²) in [5.74, 6) is 0.404. The lowest BCUT2D eigenvalue weighted by Crippen LogP contribution is -2.38. The lowest BCUT2D eigenvalue weighted by Gasteiger charge is -2.24. The summed E-state index contributed by atoms with van der Waals surface area (Å²) in [7, 11) is 3.68. The van der Waals surface area contributed by atoms with E-state index >= 15 is 0 Å². The molecule has 1 aromatic heterocycles. The highest BCUT2D eigenvalue weighted by Crippen LogP contribution is 2.12. The van der Waals surface area contributed by atoms with Crippen molar-refractivity contribution in [3.63, 3.8) is 0 Å². The molecule has 0 aliphatic carbocycles. The third-order valence-corrected chi connectivity index (χ3v) is 4.19. The summed E-state index contributed by atoms with van der Waals surface area (Å²) in [5, 5.41) is 0. The molecular weight excluding hydrogens is 316 g/mol. The summed E-state index contributed by atoms with van der Waals surface area (Å²) >= 11 is 0.